The number of rotatable bonds is 3. The molecule has 1 aromatic rings. The van der Waals surface area contributed by atoms with Crippen LogP contribution in [0.4, 0.5) is 0 Å². The minimum Gasteiger partial charge on any atom is -0.360 e. The van der Waals surface area contributed by atoms with Gasteiger partial charge in [-0.1, -0.05) is 36.8 Å². The van der Waals surface area contributed by atoms with Crippen molar-refractivity contribution in [2.45, 2.75) is 38.3 Å². The van der Waals surface area contributed by atoms with Gasteiger partial charge in [0.15, 0.2) is 5.11 Å². The maximum atomic E-state index is 5.38. The van der Waals surface area contributed by atoms with E-state index in [9.17, 15) is 0 Å². The summed E-state index contributed by atoms with van der Waals surface area (Å²) in [5, 5.41) is 7.62. The van der Waals surface area contributed by atoms with Crippen molar-refractivity contribution < 1.29 is 0 Å². The summed E-state index contributed by atoms with van der Waals surface area (Å²) in [5.41, 5.74) is 1.27. The molecule has 2 N–H and O–H groups in total. The van der Waals surface area contributed by atoms with Gasteiger partial charge in [0.05, 0.1) is 0 Å². The number of benzene rings is 1. The Balaban J connectivity index is 1.45. The molecule has 2 aliphatic rings. The lowest BCUT2D eigenvalue weighted by molar-refractivity contribution is 0.389. The lowest BCUT2D eigenvalue weighted by Gasteiger charge is -2.24. The molecule has 2 aliphatic carbocycles. The molecule has 0 amide bonds. The van der Waals surface area contributed by atoms with Crippen LogP contribution in [0.15, 0.2) is 30.3 Å². The van der Waals surface area contributed by atoms with Crippen molar-refractivity contribution in [2.75, 3.05) is 0 Å². The molecule has 18 heavy (non-hydrogen) atoms. The van der Waals surface area contributed by atoms with Gasteiger partial charge in [-0.05, 0) is 48.9 Å². The van der Waals surface area contributed by atoms with Gasteiger partial charge in [-0.3, -0.25) is 0 Å². The molecule has 0 radical (unpaired) electrons. The smallest absolute Gasteiger partial charge is 0.166 e. The van der Waals surface area contributed by atoms with Gasteiger partial charge >= 0.3 is 0 Å². The second-order valence-electron chi connectivity index (χ2n) is 5.59. The van der Waals surface area contributed by atoms with Gasteiger partial charge in [-0.2, -0.15) is 0 Å². The first kappa shape index (κ1) is 12.0. The monoisotopic (exact) mass is 260 g/mol. The van der Waals surface area contributed by atoms with Crippen LogP contribution in [0, 0.1) is 11.8 Å². The third kappa shape index (κ3) is 2.66. The minimum absolute atomic E-state index is 0.625. The number of hydrogen-bond acceptors (Lipinski definition) is 1. The molecule has 2 nitrogen and oxygen atoms in total. The summed E-state index contributed by atoms with van der Waals surface area (Å²) in [6.07, 6.45) is 5.56. The minimum atomic E-state index is 0.625. The summed E-state index contributed by atoms with van der Waals surface area (Å²) < 4.78 is 0. The van der Waals surface area contributed by atoms with Crippen LogP contribution in [0.3, 0.4) is 0 Å². The Bertz CT molecular complexity index is 418. The lowest BCUT2D eigenvalue weighted by atomic mass is 9.96. The van der Waals surface area contributed by atoms with E-state index in [1.54, 1.807) is 0 Å². The van der Waals surface area contributed by atoms with Gasteiger partial charge < -0.3 is 10.6 Å². The summed E-state index contributed by atoms with van der Waals surface area (Å²) in [4.78, 5) is 0. The molecule has 3 rings (SSSR count). The summed E-state index contributed by atoms with van der Waals surface area (Å²) in [6, 6.07) is 11.0. The predicted molar refractivity (Wildman–Crippen MR) is 78.3 cm³/mol. The van der Waals surface area contributed by atoms with E-state index in [0.717, 1.165) is 23.5 Å². The van der Waals surface area contributed by atoms with Gasteiger partial charge in [0.1, 0.15) is 0 Å². The average molecular weight is 260 g/mol. The molecule has 3 atom stereocenters. The fourth-order valence-corrected chi connectivity index (χ4v) is 3.64. The first-order valence-corrected chi connectivity index (χ1v) is 7.30. The van der Waals surface area contributed by atoms with Gasteiger partial charge in [0, 0.05) is 12.6 Å². The van der Waals surface area contributed by atoms with Crippen molar-refractivity contribution in [3.05, 3.63) is 35.9 Å². The van der Waals surface area contributed by atoms with E-state index in [4.69, 9.17) is 12.2 Å². The highest BCUT2D eigenvalue weighted by Gasteiger charge is 2.39. The Morgan fingerprint density at radius 3 is 2.67 bits per heavy atom. The Labute approximate surface area is 114 Å². The molecule has 0 aromatic heterocycles. The fourth-order valence-electron chi connectivity index (χ4n) is 3.42. The third-order valence-corrected chi connectivity index (χ3v) is 4.61. The zero-order valence-corrected chi connectivity index (χ0v) is 11.4. The van der Waals surface area contributed by atoms with E-state index in [1.165, 1.54) is 31.2 Å². The van der Waals surface area contributed by atoms with Crippen LogP contribution in [0.1, 0.15) is 31.2 Å². The third-order valence-electron chi connectivity index (χ3n) is 4.35. The highest BCUT2D eigenvalue weighted by atomic mass is 32.1. The maximum Gasteiger partial charge on any atom is 0.166 e. The van der Waals surface area contributed by atoms with Crippen LogP contribution in [-0.2, 0) is 6.54 Å². The van der Waals surface area contributed by atoms with E-state index in [1.807, 2.05) is 6.07 Å². The zero-order chi connectivity index (χ0) is 12.4. The number of thiocarbonyl (C=S) groups is 1. The lowest BCUT2D eigenvalue weighted by Crippen LogP contribution is -2.43. The van der Waals surface area contributed by atoms with E-state index in [0.29, 0.717) is 6.04 Å². The summed E-state index contributed by atoms with van der Waals surface area (Å²) in [6.45, 7) is 0.813. The first-order chi connectivity index (χ1) is 8.81. The van der Waals surface area contributed by atoms with Gasteiger partial charge in [0.2, 0.25) is 0 Å². The highest BCUT2D eigenvalue weighted by molar-refractivity contribution is 7.80. The Morgan fingerprint density at radius 1 is 1.17 bits per heavy atom. The summed E-state index contributed by atoms with van der Waals surface area (Å²) in [5.74, 6) is 1.83. The molecular formula is C15H20N2S. The summed E-state index contributed by atoms with van der Waals surface area (Å²) >= 11 is 5.38. The van der Waals surface area contributed by atoms with Crippen molar-refractivity contribution in [3.63, 3.8) is 0 Å². The van der Waals surface area contributed by atoms with Crippen LogP contribution < -0.4 is 10.6 Å². The van der Waals surface area contributed by atoms with Crippen LogP contribution >= 0.6 is 12.2 Å². The zero-order valence-electron chi connectivity index (χ0n) is 10.6. The van der Waals surface area contributed by atoms with E-state index < -0.39 is 0 Å². The molecule has 2 bridgehead atoms. The quantitative estimate of drug-likeness (QED) is 0.817. The van der Waals surface area contributed by atoms with Crippen LogP contribution in [0.25, 0.3) is 0 Å². The molecule has 1 aromatic carbocycles. The average Bonchev–Trinajstić information content (AvgIpc) is 3.00. The molecule has 0 aliphatic heterocycles. The number of fused-ring (bicyclic) bond motifs is 2. The van der Waals surface area contributed by atoms with Gasteiger partial charge in [-0.25, -0.2) is 0 Å². The molecular weight excluding hydrogens is 240 g/mol. The van der Waals surface area contributed by atoms with Crippen LogP contribution in [-0.4, -0.2) is 11.2 Å². The topological polar surface area (TPSA) is 24.1 Å². The number of nitrogens with one attached hydrogen (secondary N) is 2. The van der Waals surface area contributed by atoms with Crippen molar-refractivity contribution in [2.24, 2.45) is 11.8 Å². The largest absolute Gasteiger partial charge is 0.360 e. The van der Waals surface area contributed by atoms with Crippen LogP contribution in [0.5, 0.6) is 0 Å². The second kappa shape index (κ2) is 5.27. The Kier molecular flexibility index (Phi) is 3.50. The predicted octanol–water partition coefficient (Wildman–Crippen LogP) is 2.84. The van der Waals surface area contributed by atoms with E-state index >= 15 is 0 Å². The molecule has 0 spiro atoms. The summed E-state index contributed by atoms with van der Waals surface area (Å²) in [7, 11) is 0. The standard InChI is InChI=1S/C15H20N2S/c18-15(16-10-11-4-2-1-3-5-11)17-14-9-12-6-7-13(14)8-12/h1-5,12-14H,6-10H2,(H2,16,17,18)/t12-,13+,14-/m0/s1. The van der Waals surface area contributed by atoms with Crippen molar-refractivity contribution >= 4 is 17.3 Å². The Morgan fingerprint density at radius 2 is 2.00 bits per heavy atom. The molecule has 2 fully saturated rings. The first-order valence-electron chi connectivity index (χ1n) is 6.89. The molecule has 3 heteroatoms. The molecule has 2 saturated carbocycles. The van der Waals surface area contributed by atoms with E-state index in [2.05, 4.69) is 34.9 Å². The fraction of sp³-hybridized carbons (Fsp3) is 0.533. The molecule has 0 unspecified atom stereocenters. The molecule has 96 valence electrons. The second-order valence-corrected chi connectivity index (χ2v) is 6.00. The highest BCUT2D eigenvalue weighted by Crippen LogP contribution is 2.44. The SMILES string of the molecule is S=C(NCc1ccccc1)N[C@H]1C[C@H]2CC[C@@H]1C2. The van der Waals surface area contributed by atoms with Gasteiger partial charge in [0.25, 0.3) is 0 Å². The van der Waals surface area contributed by atoms with E-state index in [-0.39, 0.29) is 0 Å². The van der Waals surface area contributed by atoms with Gasteiger partial charge in [-0.15, -0.1) is 0 Å². The Hall–Kier alpha value is -1.09. The van der Waals surface area contributed by atoms with Crippen molar-refractivity contribution in [1.29, 1.82) is 0 Å². The molecule has 0 heterocycles. The van der Waals surface area contributed by atoms with Crippen molar-refractivity contribution in [1.82, 2.24) is 10.6 Å². The maximum absolute atomic E-state index is 5.38. The molecule has 0 saturated heterocycles. The normalized spacial score (nSPS) is 29.2. The van der Waals surface area contributed by atoms with Crippen LogP contribution in [0.2, 0.25) is 0 Å². The number of hydrogen-bond donors (Lipinski definition) is 2. The van der Waals surface area contributed by atoms with Crippen molar-refractivity contribution in [3.8, 4) is 0 Å².